The lowest BCUT2D eigenvalue weighted by molar-refractivity contribution is 0.0532. The third-order valence-corrected chi connectivity index (χ3v) is 4.34. The average Bonchev–Trinajstić information content (AvgIpc) is 2.86. The van der Waals surface area contributed by atoms with Crippen molar-refractivity contribution in [2.24, 2.45) is 5.92 Å². The molecule has 2 rings (SSSR count). The van der Waals surface area contributed by atoms with E-state index in [0.717, 1.165) is 30.2 Å². The van der Waals surface area contributed by atoms with Gasteiger partial charge in [0.2, 0.25) is 0 Å². The van der Waals surface area contributed by atoms with Crippen LogP contribution in [0.15, 0.2) is 11.2 Å². The van der Waals surface area contributed by atoms with Gasteiger partial charge >= 0.3 is 0 Å². The minimum absolute atomic E-state index is 0.276. The fraction of sp³-hybridized carbons (Fsp3) is 0.625. The smallest absolute Gasteiger partial charge is 0.295 e. The normalized spacial score (nSPS) is 15.0. The van der Waals surface area contributed by atoms with E-state index in [9.17, 15) is 4.79 Å². The van der Waals surface area contributed by atoms with Gasteiger partial charge in [0, 0.05) is 6.54 Å². The summed E-state index contributed by atoms with van der Waals surface area (Å²) in [6, 6.07) is 0. The molecule has 1 aromatic rings. The molecule has 22 heavy (non-hydrogen) atoms. The lowest BCUT2D eigenvalue weighted by Crippen LogP contribution is -2.24. The Bertz CT molecular complexity index is 564. The van der Waals surface area contributed by atoms with Crippen LogP contribution in [0, 0.1) is 5.92 Å². The van der Waals surface area contributed by atoms with Crippen LogP contribution in [0.2, 0.25) is 0 Å². The standard InChI is InChI=1S/C16H25N3O2S/c1-11(2)10-19-14(12-8-6-5-7-9-12)13(15(20)18-21-3)17-16(19)22-4/h8,11H,5-7,9-10H2,1-4H3,(H,18,20). The van der Waals surface area contributed by atoms with Crippen LogP contribution in [0.4, 0.5) is 0 Å². The lowest BCUT2D eigenvalue weighted by atomic mass is 9.95. The van der Waals surface area contributed by atoms with Gasteiger partial charge in [0.1, 0.15) is 0 Å². The minimum atomic E-state index is -0.276. The van der Waals surface area contributed by atoms with Gasteiger partial charge < -0.3 is 4.57 Å². The van der Waals surface area contributed by atoms with E-state index in [1.165, 1.54) is 25.5 Å². The van der Waals surface area contributed by atoms with Crippen molar-refractivity contribution in [3.8, 4) is 0 Å². The van der Waals surface area contributed by atoms with Crippen LogP contribution in [-0.4, -0.2) is 28.8 Å². The maximum atomic E-state index is 12.3. The number of thioether (sulfide) groups is 1. The summed E-state index contributed by atoms with van der Waals surface area (Å²) in [6.45, 7) is 5.21. The second kappa shape index (κ2) is 7.83. The number of hydrogen-bond donors (Lipinski definition) is 1. The average molecular weight is 323 g/mol. The second-order valence-corrected chi connectivity index (χ2v) is 6.68. The monoisotopic (exact) mass is 323 g/mol. The molecular weight excluding hydrogens is 298 g/mol. The summed E-state index contributed by atoms with van der Waals surface area (Å²) < 4.78 is 2.19. The SMILES string of the molecule is CONC(=O)c1nc(SC)n(CC(C)C)c1C1=CCCCC1. The first-order valence-electron chi connectivity index (χ1n) is 7.75. The number of allylic oxidation sites excluding steroid dienone is 2. The summed E-state index contributed by atoms with van der Waals surface area (Å²) in [7, 11) is 1.44. The highest BCUT2D eigenvalue weighted by molar-refractivity contribution is 7.98. The Balaban J connectivity index is 2.54. The van der Waals surface area contributed by atoms with Crippen LogP contribution in [0.1, 0.15) is 55.7 Å². The van der Waals surface area contributed by atoms with E-state index in [-0.39, 0.29) is 5.91 Å². The van der Waals surface area contributed by atoms with Crippen molar-refractivity contribution >= 4 is 23.2 Å². The van der Waals surface area contributed by atoms with Crippen molar-refractivity contribution in [1.29, 1.82) is 0 Å². The fourth-order valence-corrected chi connectivity index (χ4v) is 3.37. The molecule has 6 heteroatoms. The highest BCUT2D eigenvalue weighted by Gasteiger charge is 2.25. The maximum Gasteiger partial charge on any atom is 0.295 e. The van der Waals surface area contributed by atoms with Crippen molar-refractivity contribution in [2.45, 2.75) is 51.2 Å². The molecule has 1 aromatic heterocycles. The number of nitrogens with one attached hydrogen (secondary N) is 1. The van der Waals surface area contributed by atoms with Crippen LogP contribution >= 0.6 is 11.8 Å². The van der Waals surface area contributed by atoms with Crippen LogP contribution in [0.5, 0.6) is 0 Å². The molecular formula is C16H25N3O2S. The molecule has 1 amide bonds. The molecule has 0 unspecified atom stereocenters. The topological polar surface area (TPSA) is 56.1 Å². The fourth-order valence-electron chi connectivity index (χ4n) is 2.80. The molecule has 1 N–H and O–H groups in total. The van der Waals surface area contributed by atoms with Crippen LogP contribution in [0.25, 0.3) is 5.57 Å². The molecule has 0 bridgehead atoms. The maximum absolute atomic E-state index is 12.3. The van der Waals surface area contributed by atoms with Crippen LogP contribution in [-0.2, 0) is 11.4 Å². The highest BCUT2D eigenvalue weighted by atomic mass is 32.2. The summed E-state index contributed by atoms with van der Waals surface area (Å²) in [4.78, 5) is 21.7. The van der Waals surface area contributed by atoms with Crippen LogP contribution in [0.3, 0.4) is 0 Å². The number of nitrogens with zero attached hydrogens (tertiary/aromatic N) is 2. The highest BCUT2D eigenvalue weighted by Crippen LogP contribution is 2.32. The molecule has 5 nitrogen and oxygen atoms in total. The first-order valence-corrected chi connectivity index (χ1v) is 8.98. The zero-order valence-corrected chi connectivity index (χ0v) is 14.6. The van der Waals surface area contributed by atoms with Gasteiger partial charge in [-0.15, -0.1) is 0 Å². The van der Waals surface area contributed by atoms with Gasteiger partial charge in [-0.05, 0) is 43.4 Å². The second-order valence-electron chi connectivity index (χ2n) is 5.91. The van der Waals surface area contributed by atoms with E-state index in [2.05, 4.69) is 35.0 Å². The van der Waals surface area contributed by atoms with E-state index < -0.39 is 0 Å². The van der Waals surface area contributed by atoms with Gasteiger partial charge in [-0.2, -0.15) is 0 Å². The summed E-state index contributed by atoms with van der Waals surface area (Å²) in [5.74, 6) is 0.211. The lowest BCUT2D eigenvalue weighted by Gasteiger charge is -2.18. The molecule has 0 aliphatic heterocycles. The van der Waals surface area contributed by atoms with E-state index >= 15 is 0 Å². The molecule has 0 aromatic carbocycles. The molecule has 1 heterocycles. The zero-order chi connectivity index (χ0) is 16.1. The molecule has 0 spiro atoms. The molecule has 0 saturated carbocycles. The Hall–Kier alpha value is -1.27. The molecule has 0 fully saturated rings. The summed E-state index contributed by atoms with van der Waals surface area (Å²) >= 11 is 1.58. The predicted molar refractivity (Wildman–Crippen MR) is 89.8 cm³/mol. The van der Waals surface area contributed by atoms with Crippen molar-refractivity contribution < 1.29 is 9.63 Å². The van der Waals surface area contributed by atoms with Crippen molar-refractivity contribution in [3.63, 3.8) is 0 Å². The molecule has 1 aliphatic carbocycles. The number of imidazole rings is 1. The number of aromatic nitrogens is 2. The summed E-state index contributed by atoms with van der Waals surface area (Å²) in [5.41, 5.74) is 5.08. The number of carbonyl (C=O) groups is 1. The van der Waals surface area contributed by atoms with E-state index in [1.807, 2.05) is 6.26 Å². The number of carbonyl (C=O) groups excluding carboxylic acids is 1. The van der Waals surface area contributed by atoms with Crippen LogP contribution < -0.4 is 5.48 Å². The van der Waals surface area contributed by atoms with E-state index in [1.54, 1.807) is 11.8 Å². The Kier molecular flexibility index (Phi) is 6.08. The number of amides is 1. The van der Waals surface area contributed by atoms with Gasteiger partial charge in [-0.25, -0.2) is 10.5 Å². The summed E-state index contributed by atoms with van der Waals surface area (Å²) in [6.07, 6.45) is 8.71. The third-order valence-electron chi connectivity index (χ3n) is 3.67. The number of hydrogen-bond acceptors (Lipinski definition) is 4. The molecule has 0 saturated heterocycles. The first-order chi connectivity index (χ1) is 10.6. The minimum Gasteiger partial charge on any atom is -0.318 e. The Labute approximate surface area is 136 Å². The quantitative estimate of drug-likeness (QED) is 0.643. The molecule has 0 radical (unpaired) electrons. The Morgan fingerprint density at radius 1 is 1.50 bits per heavy atom. The van der Waals surface area contributed by atoms with Gasteiger partial charge in [-0.3, -0.25) is 9.63 Å². The third kappa shape index (κ3) is 3.73. The molecule has 0 atom stereocenters. The van der Waals surface area contributed by atoms with E-state index in [0.29, 0.717) is 11.6 Å². The largest absolute Gasteiger partial charge is 0.318 e. The summed E-state index contributed by atoms with van der Waals surface area (Å²) in [5, 5.41) is 0.886. The molecule has 122 valence electrons. The van der Waals surface area contributed by atoms with Crippen molar-refractivity contribution in [2.75, 3.05) is 13.4 Å². The van der Waals surface area contributed by atoms with Crippen molar-refractivity contribution in [1.82, 2.24) is 15.0 Å². The first kappa shape index (κ1) is 17.1. The van der Waals surface area contributed by atoms with Gasteiger partial charge in [0.05, 0.1) is 12.8 Å². The van der Waals surface area contributed by atoms with Gasteiger partial charge in [0.25, 0.3) is 5.91 Å². The Morgan fingerprint density at radius 3 is 2.82 bits per heavy atom. The van der Waals surface area contributed by atoms with Gasteiger partial charge in [0.15, 0.2) is 10.9 Å². The zero-order valence-electron chi connectivity index (χ0n) is 13.8. The number of rotatable bonds is 6. The predicted octanol–water partition coefficient (Wildman–Crippen LogP) is 3.51. The molecule has 1 aliphatic rings. The van der Waals surface area contributed by atoms with Crippen molar-refractivity contribution in [3.05, 3.63) is 17.5 Å². The van der Waals surface area contributed by atoms with Gasteiger partial charge in [-0.1, -0.05) is 31.7 Å². The van der Waals surface area contributed by atoms with E-state index in [4.69, 9.17) is 4.84 Å². The Morgan fingerprint density at radius 2 is 2.27 bits per heavy atom. The number of hydroxylamine groups is 1.